The van der Waals surface area contributed by atoms with Crippen molar-refractivity contribution in [2.24, 2.45) is 0 Å². The molecule has 0 amide bonds. The normalized spacial score (nSPS) is 11.4. The van der Waals surface area contributed by atoms with Gasteiger partial charge in [0.15, 0.2) is 0 Å². The van der Waals surface area contributed by atoms with Gasteiger partial charge in [0.05, 0.1) is 11.4 Å². The maximum atomic E-state index is 11.5. The summed E-state index contributed by atoms with van der Waals surface area (Å²) < 4.78 is 28.6. The lowest BCUT2D eigenvalue weighted by molar-refractivity contribution is 0.586. The summed E-state index contributed by atoms with van der Waals surface area (Å²) >= 11 is 3.25. The fourth-order valence-corrected chi connectivity index (χ4v) is 2.44. The number of halogens is 1. The maximum absolute atomic E-state index is 11.5. The molecule has 0 spiro atoms. The summed E-state index contributed by atoms with van der Waals surface area (Å²) in [6.07, 6.45) is 0.733. The van der Waals surface area contributed by atoms with Crippen molar-refractivity contribution >= 4 is 37.5 Å². The Labute approximate surface area is 104 Å². The molecular formula is C9H14BrN3O2S. The first-order valence-corrected chi connectivity index (χ1v) is 7.04. The van der Waals surface area contributed by atoms with Crippen LogP contribution in [0.3, 0.4) is 0 Å². The van der Waals surface area contributed by atoms with E-state index in [9.17, 15) is 8.42 Å². The zero-order valence-electron chi connectivity index (χ0n) is 8.83. The third kappa shape index (κ3) is 3.99. The van der Waals surface area contributed by atoms with E-state index in [-0.39, 0.29) is 0 Å². The highest BCUT2D eigenvalue weighted by Gasteiger charge is 2.10. The Bertz CT molecular complexity index is 462. The second-order valence-electron chi connectivity index (χ2n) is 3.23. The number of benzene rings is 1. The van der Waals surface area contributed by atoms with Crippen molar-refractivity contribution in [1.29, 1.82) is 0 Å². The topological polar surface area (TPSA) is 84.2 Å². The summed E-state index contributed by atoms with van der Waals surface area (Å²) in [5.74, 6) is 0. The molecule has 7 heteroatoms. The van der Waals surface area contributed by atoms with Crippen LogP contribution in [0.2, 0.25) is 0 Å². The van der Waals surface area contributed by atoms with Gasteiger partial charge in [-0.1, -0.05) is 22.9 Å². The van der Waals surface area contributed by atoms with Gasteiger partial charge >= 0.3 is 0 Å². The van der Waals surface area contributed by atoms with Crippen LogP contribution in [0.15, 0.2) is 22.7 Å². The molecule has 0 aliphatic rings. The molecule has 90 valence electrons. The number of rotatable bonds is 5. The van der Waals surface area contributed by atoms with Gasteiger partial charge in [-0.05, 0) is 24.6 Å². The van der Waals surface area contributed by atoms with Gasteiger partial charge in [0.25, 0.3) is 10.2 Å². The summed E-state index contributed by atoms with van der Waals surface area (Å²) in [6, 6.07) is 4.95. The van der Waals surface area contributed by atoms with Crippen LogP contribution in [0, 0.1) is 0 Å². The van der Waals surface area contributed by atoms with Crippen LogP contribution in [0.4, 0.5) is 11.4 Å². The number of nitrogens with one attached hydrogen (secondary N) is 2. The second kappa shape index (κ2) is 5.51. The van der Waals surface area contributed by atoms with Gasteiger partial charge in [-0.3, -0.25) is 4.72 Å². The monoisotopic (exact) mass is 307 g/mol. The second-order valence-corrected chi connectivity index (χ2v) is 5.65. The Kier molecular flexibility index (Phi) is 4.57. The largest absolute Gasteiger partial charge is 0.397 e. The van der Waals surface area contributed by atoms with Gasteiger partial charge < -0.3 is 5.73 Å². The van der Waals surface area contributed by atoms with Crippen molar-refractivity contribution in [2.45, 2.75) is 13.3 Å². The lowest BCUT2D eigenvalue weighted by atomic mass is 10.3. The minimum absolute atomic E-state index is 0.367. The smallest absolute Gasteiger partial charge is 0.299 e. The summed E-state index contributed by atoms with van der Waals surface area (Å²) in [4.78, 5) is 0. The van der Waals surface area contributed by atoms with E-state index < -0.39 is 10.2 Å². The van der Waals surface area contributed by atoms with Gasteiger partial charge in [-0.25, -0.2) is 0 Å². The number of nitrogen functional groups attached to an aromatic ring is 1. The lowest BCUT2D eigenvalue weighted by Crippen LogP contribution is -2.30. The Morgan fingerprint density at radius 1 is 1.44 bits per heavy atom. The van der Waals surface area contributed by atoms with Crippen LogP contribution in [-0.4, -0.2) is 15.0 Å². The van der Waals surface area contributed by atoms with Crippen molar-refractivity contribution in [2.75, 3.05) is 17.0 Å². The van der Waals surface area contributed by atoms with E-state index in [1.165, 1.54) is 0 Å². The molecule has 0 saturated carbocycles. The summed E-state index contributed by atoms with van der Waals surface area (Å²) in [7, 11) is -3.53. The molecule has 0 bridgehead atoms. The average molecular weight is 308 g/mol. The molecule has 1 aromatic rings. The molecule has 0 heterocycles. The van der Waals surface area contributed by atoms with Crippen LogP contribution < -0.4 is 15.2 Å². The molecule has 0 atom stereocenters. The van der Waals surface area contributed by atoms with Crippen LogP contribution >= 0.6 is 15.9 Å². The fraction of sp³-hybridized carbons (Fsp3) is 0.333. The Balaban J connectivity index is 2.80. The molecule has 1 aromatic carbocycles. The summed E-state index contributed by atoms with van der Waals surface area (Å²) in [5.41, 5.74) is 6.41. The van der Waals surface area contributed by atoms with E-state index in [0.717, 1.165) is 10.9 Å². The minimum atomic E-state index is -3.53. The van der Waals surface area contributed by atoms with Crippen LogP contribution in [0.5, 0.6) is 0 Å². The highest BCUT2D eigenvalue weighted by molar-refractivity contribution is 9.10. The molecule has 5 nitrogen and oxygen atoms in total. The predicted octanol–water partition coefficient (Wildman–Crippen LogP) is 1.69. The van der Waals surface area contributed by atoms with Crippen molar-refractivity contribution in [3.05, 3.63) is 22.7 Å². The Morgan fingerprint density at radius 2 is 2.12 bits per heavy atom. The van der Waals surface area contributed by atoms with Crippen molar-refractivity contribution in [3.8, 4) is 0 Å². The first-order chi connectivity index (χ1) is 7.44. The molecule has 16 heavy (non-hydrogen) atoms. The third-order valence-corrected chi connectivity index (χ3v) is 3.37. The van der Waals surface area contributed by atoms with Gasteiger partial charge in [0.2, 0.25) is 0 Å². The van der Waals surface area contributed by atoms with Gasteiger partial charge in [0, 0.05) is 11.0 Å². The van der Waals surface area contributed by atoms with Gasteiger partial charge in [-0.15, -0.1) is 0 Å². The molecular weight excluding hydrogens is 294 g/mol. The Morgan fingerprint density at radius 3 is 2.69 bits per heavy atom. The predicted molar refractivity (Wildman–Crippen MR) is 69.4 cm³/mol. The van der Waals surface area contributed by atoms with E-state index in [1.807, 2.05) is 6.92 Å². The van der Waals surface area contributed by atoms with Crippen molar-refractivity contribution in [1.82, 2.24) is 4.72 Å². The molecule has 0 unspecified atom stereocenters. The Hall–Kier alpha value is -0.790. The summed E-state index contributed by atoms with van der Waals surface area (Å²) in [5, 5.41) is 0. The molecule has 4 N–H and O–H groups in total. The van der Waals surface area contributed by atoms with E-state index in [0.29, 0.717) is 17.9 Å². The average Bonchev–Trinajstić information content (AvgIpc) is 2.19. The quantitative estimate of drug-likeness (QED) is 0.724. The first kappa shape index (κ1) is 13.3. The fourth-order valence-electron chi connectivity index (χ4n) is 1.04. The van der Waals surface area contributed by atoms with E-state index in [1.54, 1.807) is 18.2 Å². The number of nitrogens with two attached hydrogens (primary N) is 1. The van der Waals surface area contributed by atoms with Crippen LogP contribution in [0.25, 0.3) is 0 Å². The highest BCUT2D eigenvalue weighted by atomic mass is 79.9. The zero-order valence-corrected chi connectivity index (χ0v) is 11.2. The molecule has 0 aliphatic carbocycles. The minimum Gasteiger partial charge on any atom is -0.397 e. The van der Waals surface area contributed by atoms with Crippen LogP contribution in [-0.2, 0) is 10.2 Å². The first-order valence-electron chi connectivity index (χ1n) is 4.77. The van der Waals surface area contributed by atoms with Gasteiger partial charge in [0.1, 0.15) is 0 Å². The molecule has 0 aromatic heterocycles. The molecule has 0 fully saturated rings. The van der Waals surface area contributed by atoms with Gasteiger partial charge in [-0.2, -0.15) is 13.1 Å². The molecule has 0 aliphatic heterocycles. The molecule has 1 rings (SSSR count). The maximum Gasteiger partial charge on any atom is 0.299 e. The van der Waals surface area contributed by atoms with E-state index in [4.69, 9.17) is 5.73 Å². The molecule has 0 saturated heterocycles. The van der Waals surface area contributed by atoms with E-state index in [2.05, 4.69) is 25.4 Å². The SMILES string of the molecule is CCCNS(=O)(=O)Nc1ccc(Br)cc1N. The number of anilines is 2. The standard InChI is InChI=1S/C9H14BrN3O2S/c1-2-5-12-16(14,15)13-9-4-3-7(10)6-8(9)11/h3-4,6,12-13H,2,5,11H2,1H3. The van der Waals surface area contributed by atoms with Crippen LogP contribution in [0.1, 0.15) is 13.3 Å². The number of hydrogen-bond acceptors (Lipinski definition) is 3. The third-order valence-electron chi connectivity index (χ3n) is 1.80. The zero-order chi connectivity index (χ0) is 12.2. The number of hydrogen-bond donors (Lipinski definition) is 3. The lowest BCUT2D eigenvalue weighted by Gasteiger charge is -2.10. The molecule has 0 radical (unpaired) electrons. The summed E-state index contributed by atoms with van der Waals surface area (Å²) in [6.45, 7) is 2.28. The van der Waals surface area contributed by atoms with Crippen molar-refractivity contribution in [3.63, 3.8) is 0 Å². The van der Waals surface area contributed by atoms with Crippen molar-refractivity contribution < 1.29 is 8.42 Å². The van der Waals surface area contributed by atoms with E-state index >= 15 is 0 Å². The highest BCUT2D eigenvalue weighted by Crippen LogP contribution is 2.23.